The van der Waals surface area contributed by atoms with Crippen molar-refractivity contribution in [1.82, 2.24) is 4.72 Å². The number of benzene rings is 1. The van der Waals surface area contributed by atoms with Crippen LogP contribution in [0.15, 0.2) is 28.0 Å². The minimum absolute atomic E-state index is 0.131. The standard InChI is InChI=1S/C12H17ClN2O5S2/c1-8(11-3-2-6-20-11)15-22(18,19)9-4-5-10(13)12(7-9)21(14,16)17/h4-5,7-8,11,15H,2-3,6H2,1H3,(H2,14,16,17). The highest BCUT2D eigenvalue weighted by Crippen LogP contribution is 2.24. The van der Waals surface area contributed by atoms with Crippen molar-refractivity contribution >= 4 is 31.6 Å². The fourth-order valence-corrected chi connectivity index (χ4v) is 4.70. The van der Waals surface area contributed by atoms with Crippen LogP contribution in [0.1, 0.15) is 19.8 Å². The number of rotatable bonds is 5. The molecule has 3 N–H and O–H groups in total. The van der Waals surface area contributed by atoms with Gasteiger partial charge in [0.2, 0.25) is 20.0 Å². The molecule has 0 spiro atoms. The van der Waals surface area contributed by atoms with E-state index in [4.69, 9.17) is 21.5 Å². The van der Waals surface area contributed by atoms with E-state index in [2.05, 4.69) is 4.72 Å². The first-order valence-corrected chi connectivity index (χ1v) is 9.98. The van der Waals surface area contributed by atoms with Crippen molar-refractivity contribution in [3.63, 3.8) is 0 Å². The summed E-state index contributed by atoms with van der Waals surface area (Å²) in [6.45, 7) is 2.30. The number of nitrogens with two attached hydrogens (primary N) is 1. The highest BCUT2D eigenvalue weighted by atomic mass is 35.5. The molecule has 2 rings (SSSR count). The number of nitrogens with one attached hydrogen (secondary N) is 1. The maximum atomic E-state index is 12.3. The average Bonchev–Trinajstić information content (AvgIpc) is 2.90. The van der Waals surface area contributed by atoms with Crippen molar-refractivity contribution in [1.29, 1.82) is 0 Å². The smallest absolute Gasteiger partial charge is 0.240 e. The van der Waals surface area contributed by atoms with Crippen LogP contribution < -0.4 is 9.86 Å². The van der Waals surface area contributed by atoms with Crippen molar-refractivity contribution in [2.75, 3.05) is 6.61 Å². The van der Waals surface area contributed by atoms with Crippen LogP contribution in [0, 0.1) is 0 Å². The Kier molecular flexibility index (Phi) is 5.15. The van der Waals surface area contributed by atoms with E-state index in [0.29, 0.717) is 6.61 Å². The molecule has 1 aromatic carbocycles. The molecule has 124 valence electrons. The lowest BCUT2D eigenvalue weighted by Crippen LogP contribution is -2.40. The van der Waals surface area contributed by atoms with Crippen LogP contribution in [-0.4, -0.2) is 35.6 Å². The molecule has 1 aliphatic rings. The van der Waals surface area contributed by atoms with Gasteiger partial charge in [-0.3, -0.25) is 0 Å². The zero-order valence-electron chi connectivity index (χ0n) is 11.8. The summed E-state index contributed by atoms with van der Waals surface area (Å²) in [7, 11) is -8.01. The van der Waals surface area contributed by atoms with Crippen LogP contribution in [-0.2, 0) is 24.8 Å². The van der Waals surface area contributed by atoms with Gasteiger partial charge in [-0.05, 0) is 38.0 Å². The summed E-state index contributed by atoms with van der Waals surface area (Å²) >= 11 is 5.75. The number of hydrogen-bond donors (Lipinski definition) is 2. The quantitative estimate of drug-likeness (QED) is 0.798. The fourth-order valence-electron chi connectivity index (χ4n) is 2.25. The number of sulfonamides is 2. The predicted octanol–water partition coefficient (Wildman–Crippen LogP) is 0.833. The van der Waals surface area contributed by atoms with Crippen molar-refractivity contribution in [2.24, 2.45) is 5.14 Å². The normalized spacial score (nSPS) is 21.0. The van der Waals surface area contributed by atoms with Gasteiger partial charge >= 0.3 is 0 Å². The molecular formula is C12H17ClN2O5S2. The summed E-state index contributed by atoms with van der Waals surface area (Å²) in [5.74, 6) is 0. The molecule has 22 heavy (non-hydrogen) atoms. The monoisotopic (exact) mass is 368 g/mol. The molecule has 2 atom stereocenters. The van der Waals surface area contributed by atoms with E-state index in [0.717, 1.165) is 18.9 Å². The lowest BCUT2D eigenvalue weighted by atomic mass is 10.1. The predicted molar refractivity (Wildman–Crippen MR) is 81.6 cm³/mol. The highest BCUT2D eigenvalue weighted by molar-refractivity contribution is 7.90. The van der Waals surface area contributed by atoms with Crippen molar-refractivity contribution in [2.45, 2.75) is 41.7 Å². The third-order valence-electron chi connectivity index (χ3n) is 3.38. The second kappa shape index (κ2) is 6.42. The average molecular weight is 369 g/mol. The van der Waals surface area contributed by atoms with E-state index in [1.807, 2.05) is 0 Å². The largest absolute Gasteiger partial charge is 0.377 e. The van der Waals surface area contributed by atoms with E-state index in [9.17, 15) is 16.8 Å². The molecule has 0 radical (unpaired) electrons. The Morgan fingerprint density at radius 1 is 1.36 bits per heavy atom. The second-order valence-corrected chi connectivity index (χ2v) is 8.75. The van der Waals surface area contributed by atoms with Gasteiger partial charge in [-0.1, -0.05) is 11.6 Å². The topological polar surface area (TPSA) is 116 Å². The van der Waals surface area contributed by atoms with E-state index < -0.39 is 31.0 Å². The molecule has 1 saturated heterocycles. The van der Waals surface area contributed by atoms with E-state index >= 15 is 0 Å². The maximum Gasteiger partial charge on any atom is 0.240 e. The van der Waals surface area contributed by atoms with E-state index in [-0.39, 0.29) is 16.0 Å². The maximum absolute atomic E-state index is 12.3. The zero-order chi connectivity index (χ0) is 16.5. The Hall–Kier alpha value is -0.710. The molecule has 0 bridgehead atoms. The van der Waals surface area contributed by atoms with Gasteiger partial charge in [0.1, 0.15) is 4.90 Å². The van der Waals surface area contributed by atoms with Gasteiger partial charge in [0.15, 0.2) is 0 Å². The summed E-state index contributed by atoms with van der Waals surface area (Å²) in [6.07, 6.45) is 1.46. The molecule has 0 saturated carbocycles. The van der Waals surface area contributed by atoms with E-state index in [1.54, 1.807) is 6.92 Å². The molecule has 1 heterocycles. The first kappa shape index (κ1) is 17.6. The molecule has 0 aliphatic carbocycles. The van der Waals surface area contributed by atoms with Crippen molar-refractivity contribution in [3.05, 3.63) is 23.2 Å². The molecule has 7 nitrogen and oxygen atoms in total. The van der Waals surface area contributed by atoms with Gasteiger partial charge in [-0.2, -0.15) is 0 Å². The van der Waals surface area contributed by atoms with Crippen molar-refractivity contribution < 1.29 is 21.6 Å². The summed E-state index contributed by atoms with van der Waals surface area (Å²) in [5, 5.41) is 4.89. The zero-order valence-corrected chi connectivity index (χ0v) is 14.2. The summed E-state index contributed by atoms with van der Waals surface area (Å²) < 4.78 is 55.4. The van der Waals surface area contributed by atoms with Crippen LogP contribution in [0.25, 0.3) is 0 Å². The highest BCUT2D eigenvalue weighted by Gasteiger charge is 2.28. The summed E-state index contributed by atoms with van der Waals surface area (Å²) in [5.41, 5.74) is 0. The first-order valence-electron chi connectivity index (χ1n) is 6.57. The van der Waals surface area contributed by atoms with Crippen LogP contribution in [0.5, 0.6) is 0 Å². The van der Waals surface area contributed by atoms with Gasteiger partial charge in [0, 0.05) is 12.6 Å². The molecule has 0 amide bonds. The molecule has 2 unspecified atom stereocenters. The van der Waals surface area contributed by atoms with Crippen LogP contribution >= 0.6 is 11.6 Å². The lowest BCUT2D eigenvalue weighted by molar-refractivity contribution is 0.0902. The Morgan fingerprint density at radius 2 is 2.05 bits per heavy atom. The Labute approximate surface area is 134 Å². The van der Waals surface area contributed by atoms with Gasteiger partial charge in [0.05, 0.1) is 16.0 Å². The molecular weight excluding hydrogens is 352 g/mol. The van der Waals surface area contributed by atoms with Crippen LogP contribution in [0.2, 0.25) is 5.02 Å². The Balaban J connectivity index is 2.29. The molecule has 1 fully saturated rings. The van der Waals surface area contributed by atoms with Gasteiger partial charge < -0.3 is 4.74 Å². The Bertz CT molecular complexity index is 758. The molecule has 10 heteroatoms. The third-order valence-corrected chi connectivity index (χ3v) is 6.33. The summed E-state index contributed by atoms with van der Waals surface area (Å²) in [6, 6.07) is 2.93. The minimum Gasteiger partial charge on any atom is -0.377 e. The number of primary sulfonamides is 1. The third kappa shape index (κ3) is 3.98. The number of halogens is 1. The number of ether oxygens (including phenoxy) is 1. The molecule has 1 aliphatic heterocycles. The molecule has 0 aromatic heterocycles. The SMILES string of the molecule is CC(NS(=O)(=O)c1ccc(Cl)c(S(N)(=O)=O)c1)C1CCCO1. The van der Waals surface area contributed by atoms with Crippen molar-refractivity contribution in [3.8, 4) is 0 Å². The minimum atomic E-state index is -4.11. The fraction of sp³-hybridized carbons (Fsp3) is 0.500. The van der Waals surface area contributed by atoms with Gasteiger partial charge in [0.25, 0.3) is 0 Å². The Morgan fingerprint density at radius 3 is 2.59 bits per heavy atom. The first-order chi connectivity index (χ1) is 10.1. The van der Waals surface area contributed by atoms with Gasteiger partial charge in [-0.15, -0.1) is 0 Å². The lowest BCUT2D eigenvalue weighted by Gasteiger charge is -2.20. The van der Waals surface area contributed by atoms with Crippen LogP contribution in [0.4, 0.5) is 0 Å². The molecule has 1 aromatic rings. The van der Waals surface area contributed by atoms with E-state index in [1.165, 1.54) is 12.1 Å². The van der Waals surface area contributed by atoms with Gasteiger partial charge in [-0.25, -0.2) is 26.7 Å². The summed E-state index contributed by atoms with van der Waals surface area (Å²) in [4.78, 5) is -0.646. The van der Waals surface area contributed by atoms with Crippen LogP contribution in [0.3, 0.4) is 0 Å². The number of hydrogen-bond acceptors (Lipinski definition) is 5. The second-order valence-electron chi connectivity index (χ2n) is 5.10.